The predicted octanol–water partition coefficient (Wildman–Crippen LogP) is 12.2. The Bertz CT molecular complexity index is 971. The van der Waals surface area contributed by atoms with E-state index in [2.05, 4.69) is 39.8 Å². The summed E-state index contributed by atoms with van der Waals surface area (Å²) in [4.78, 5) is 0. The molecule has 0 N–H and O–H groups in total. The zero-order chi connectivity index (χ0) is 27.5. The van der Waals surface area contributed by atoms with Gasteiger partial charge in [-0.25, -0.2) is 0 Å². The van der Waals surface area contributed by atoms with Gasteiger partial charge in [0.25, 0.3) is 0 Å². The number of rotatable bonds is 22. The monoisotopic (exact) mass is 534 g/mol. The lowest BCUT2D eigenvalue weighted by atomic mass is 9.93. The van der Waals surface area contributed by atoms with Gasteiger partial charge < -0.3 is 14.2 Å². The summed E-state index contributed by atoms with van der Waals surface area (Å²) < 4.78 is 19.0. The van der Waals surface area contributed by atoms with E-state index < -0.39 is 0 Å². The Kier molecular flexibility index (Phi) is 11.9. The van der Waals surface area contributed by atoms with Crippen molar-refractivity contribution < 1.29 is 14.2 Å². The third-order valence-electron chi connectivity index (χ3n) is 8.52. The average Bonchev–Trinajstić information content (AvgIpc) is 2.93. The Hall–Kier alpha value is -2.16. The summed E-state index contributed by atoms with van der Waals surface area (Å²) in [6, 6.07) is 4.33. The molecule has 0 atom stereocenters. The van der Waals surface area contributed by atoms with Gasteiger partial charge in [0.1, 0.15) is 34.5 Å². The molecule has 2 aromatic carbocycles. The summed E-state index contributed by atoms with van der Waals surface area (Å²) in [7, 11) is 0. The van der Waals surface area contributed by atoms with Crippen molar-refractivity contribution in [3.8, 4) is 34.5 Å². The summed E-state index contributed by atoms with van der Waals surface area (Å²) in [6.07, 6.45) is 25.2. The third-order valence-corrected chi connectivity index (χ3v) is 8.52. The van der Waals surface area contributed by atoms with Crippen LogP contribution in [0.1, 0.15) is 153 Å². The van der Waals surface area contributed by atoms with Crippen LogP contribution >= 0.6 is 0 Å². The lowest BCUT2D eigenvalue weighted by Gasteiger charge is -2.32. The SMILES string of the molecule is CCCCCCCCCc1c2cc(Oc3cc4c(CCCCCCCCC)c(c3CCC)O4)c(CCC)c1O2. The topological polar surface area (TPSA) is 27.7 Å². The Morgan fingerprint density at radius 1 is 0.436 bits per heavy atom. The van der Waals surface area contributed by atoms with Crippen molar-refractivity contribution in [2.24, 2.45) is 0 Å². The molecule has 6 rings (SSSR count). The molecule has 4 bridgehead atoms. The highest BCUT2D eigenvalue weighted by Gasteiger charge is 2.32. The molecule has 0 saturated heterocycles. The van der Waals surface area contributed by atoms with Crippen LogP contribution in [-0.4, -0.2) is 0 Å². The quantitative estimate of drug-likeness (QED) is 0.0938. The van der Waals surface area contributed by atoms with Gasteiger partial charge in [0.05, 0.1) is 0 Å². The van der Waals surface area contributed by atoms with Crippen LogP contribution in [-0.2, 0) is 25.7 Å². The van der Waals surface area contributed by atoms with Crippen molar-refractivity contribution >= 4 is 0 Å². The van der Waals surface area contributed by atoms with Crippen LogP contribution in [0.2, 0.25) is 0 Å². The van der Waals surface area contributed by atoms with Crippen molar-refractivity contribution in [2.75, 3.05) is 0 Å². The Balaban J connectivity index is 1.39. The van der Waals surface area contributed by atoms with Gasteiger partial charge in [0.15, 0.2) is 0 Å². The normalized spacial score (nSPS) is 12.5. The van der Waals surface area contributed by atoms with Crippen molar-refractivity contribution in [3.05, 3.63) is 34.4 Å². The second-order valence-corrected chi connectivity index (χ2v) is 11.9. The van der Waals surface area contributed by atoms with E-state index in [1.807, 2.05) is 0 Å². The first kappa shape index (κ1) is 29.8. The molecular formula is C36H54O3. The summed E-state index contributed by atoms with van der Waals surface area (Å²) in [6.45, 7) is 9.05. The molecule has 0 fully saturated rings. The standard InChI is InChI=1S/C36H54O3/c1-5-9-11-13-15-17-19-23-29-33-25-31(27(21-7-3)35(29)38-33)37-32-26-34-30(36(39-34)28(32)22-8-4)24-20-18-16-14-12-10-6-2/h25-26H,5-24H2,1-4H3. The zero-order valence-electron chi connectivity index (χ0n) is 25.5. The molecule has 216 valence electrons. The first-order valence-electron chi connectivity index (χ1n) is 16.6. The number of unbranched alkanes of at least 4 members (excludes halogenated alkanes) is 12. The zero-order valence-corrected chi connectivity index (χ0v) is 25.5. The number of ether oxygens (including phenoxy) is 3. The van der Waals surface area contributed by atoms with Crippen LogP contribution in [0, 0.1) is 0 Å². The molecule has 0 aliphatic carbocycles. The van der Waals surface area contributed by atoms with Crippen LogP contribution in [0.5, 0.6) is 34.5 Å². The second kappa shape index (κ2) is 15.6. The second-order valence-electron chi connectivity index (χ2n) is 11.9. The molecule has 0 aromatic heterocycles. The highest BCUT2D eigenvalue weighted by atomic mass is 16.5. The van der Waals surface area contributed by atoms with E-state index in [1.165, 1.54) is 112 Å². The third kappa shape index (κ3) is 7.53. The molecule has 0 amide bonds. The van der Waals surface area contributed by atoms with Crippen LogP contribution < -0.4 is 14.2 Å². The molecule has 3 heteroatoms. The van der Waals surface area contributed by atoms with E-state index in [1.54, 1.807) is 0 Å². The lowest BCUT2D eigenvalue weighted by molar-refractivity contribution is 0.371. The van der Waals surface area contributed by atoms with Gasteiger partial charge >= 0.3 is 0 Å². The van der Waals surface area contributed by atoms with E-state index in [0.717, 1.165) is 73.0 Å². The first-order valence-corrected chi connectivity index (χ1v) is 16.6. The lowest BCUT2D eigenvalue weighted by Crippen LogP contribution is -2.13. The van der Waals surface area contributed by atoms with Gasteiger partial charge in [-0.3, -0.25) is 0 Å². The van der Waals surface area contributed by atoms with Crippen LogP contribution in [0.4, 0.5) is 0 Å². The number of fused-ring (bicyclic) bond motifs is 4. The van der Waals surface area contributed by atoms with Crippen molar-refractivity contribution in [1.82, 2.24) is 0 Å². The summed E-state index contributed by atoms with van der Waals surface area (Å²) >= 11 is 0. The van der Waals surface area contributed by atoms with E-state index in [-0.39, 0.29) is 0 Å². The smallest absolute Gasteiger partial charge is 0.141 e. The maximum Gasteiger partial charge on any atom is 0.141 e. The molecular weight excluding hydrogens is 480 g/mol. The van der Waals surface area contributed by atoms with Crippen LogP contribution in [0.15, 0.2) is 12.1 Å². The highest BCUT2D eigenvalue weighted by Crippen LogP contribution is 2.55. The summed E-state index contributed by atoms with van der Waals surface area (Å²) in [5, 5.41) is 0. The fourth-order valence-corrected chi connectivity index (χ4v) is 6.22. The number of hydrogen-bond acceptors (Lipinski definition) is 3. The Labute approximate surface area is 239 Å². The minimum Gasteiger partial charge on any atom is -0.456 e. The molecule has 4 heterocycles. The largest absolute Gasteiger partial charge is 0.456 e. The molecule has 4 aliphatic heterocycles. The maximum absolute atomic E-state index is 6.70. The van der Waals surface area contributed by atoms with E-state index in [9.17, 15) is 0 Å². The summed E-state index contributed by atoms with van der Waals surface area (Å²) in [5.41, 5.74) is 5.36. The van der Waals surface area contributed by atoms with Gasteiger partial charge in [0, 0.05) is 34.4 Å². The van der Waals surface area contributed by atoms with Gasteiger partial charge in [-0.15, -0.1) is 0 Å². The molecule has 0 radical (unpaired) electrons. The number of hydrogen-bond donors (Lipinski definition) is 0. The average molecular weight is 535 g/mol. The van der Waals surface area contributed by atoms with E-state index >= 15 is 0 Å². The Morgan fingerprint density at radius 2 is 0.821 bits per heavy atom. The van der Waals surface area contributed by atoms with Gasteiger partial charge in [0.2, 0.25) is 0 Å². The van der Waals surface area contributed by atoms with Crippen LogP contribution in [0.3, 0.4) is 0 Å². The van der Waals surface area contributed by atoms with Crippen LogP contribution in [0.25, 0.3) is 0 Å². The maximum atomic E-state index is 6.70. The van der Waals surface area contributed by atoms with Gasteiger partial charge in [-0.1, -0.05) is 118 Å². The fraction of sp³-hybridized carbons (Fsp3) is 0.667. The van der Waals surface area contributed by atoms with Crippen molar-refractivity contribution in [1.29, 1.82) is 0 Å². The van der Waals surface area contributed by atoms with Crippen molar-refractivity contribution in [2.45, 2.75) is 156 Å². The molecule has 2 aromatic rings. The fourth-order valence-electron chi connectivity index (χ4n) is 6.22. The number of benzene rings is 2. The molecule has 4 aliphatic rings. The first-order chi connectivity index (χ1) is 19.2. The van der Waals surface area contributed by atoms with E-state index in [4.69, 9.17) is 14.2 Å². The molecule has 3 nitrogen and oxygen atoms in total. The molecule has 0 saturated carbocycles. The summed E-state index contributed by atoms with van der Waals surface area (Å²) in [5.74, 6) is 6.27. The molecule has 0 unspecified atom stereocenters. The minimum atomic E-state index is 0.991. The highest BCUT2D eigenvalue weighted by molar-refractivity contribution is 5.68. The van der Waals surface area contributed by atoms with Gasteiger partial charge in [-0.2, -0.15) is 0 Å². The van der Waals surface area contributed by atoms with Gasteiger partial charge in [-0.05, 0) is 38.5 Å². The van der Waals surface area contributed by atoms with Crippen molar-refractivity contribution in [3.63, 3.8) is 0 Å². The number of aryl methyl sites for hydroxylation is 2. The minimum absolute atomic E-state index is 0.991. The molecule has 0 spiro atoms. The van der Waals surface area contributed by atoms with E-state index in [0.29, 0.717) is 0 Å². The molecule has 39 heavy (non-hydrogen) atoms. The Morgan fingerprint density at radius 3 is 1.21 bits per heavy atom. The predicted molar refractivity (Wildman–Crippen MR) is 164 cm³/mol.